The molecular weight excluding hydrogens is 761 g/mol. The van der Waals surface area contributed by atoms with Gasteiger partial charge in [-0.15, -0.1) is 0 Å². The molecule has 0 spiro atoms. The SMILES string of the molecule is [2H]c1c([2H])c([2H])c(-c2ccc(N(c3ccc(-c4ccccc4-n4c5ccccc5c5ccccc54)cc3)c3ccc4c(c3)C(c3ccccc3)(c3ccccc3)c3ccccc3-4)cc2)c([2H])c1[2H]. The molecule has 1 aliphatic rings. The molecule has 0 amide bonds. The molecule has 2 heteroatoms. The summed E-state index contributed by atoms with van der Waals surface area (Å²) in [6.45, 7) is 0. The van der Waals surface area contributed by atoms with Crippen LogP contribution in [-0.2, 0) is 5.41 Å². The Morgan fingerprint density at radius 1 is 0.365 bits per heavy atom. The van der Waals surface area contributed by atoms with E-state index in [-0.39, 0.29) is 29.7 Å². The monoisotopic (exact) mass is 807 g/mol. The highest BCUT2D eigenvalue weighted by Crippen LogP contribution is 2.57. The van der Waals surface area contributed by atoms with Crippen LogP contribution in [0, 0.1) is 0 Å². The Bertz CT molecular complexity index is 3610. The zero-order valence-electron chi connectivity index (χ0n) is 39.3. The number of nitrogens with zero attached hydrogens (tertiary/aromatic N) is 2. The molecular formula is C61H42N2. The minimum Gasteiger partial charge on any atom is -0.310 e. The Balaban J connectivity index is 1.04. The molecule has 63 heavy (non-hydrogen) atoms. The van der Waals surface area contributed by atoms with Gasteiger partial charge in [-0.3, -0.25) is 0 Å². The van der Waals surface area contributed by atoms with E-state index in [9.17, 15) is 0 Å². The van der Waals surface area contributed by atoms with E-state index in [4.69, 9.17) is 6.85 Å². The van der Waals surface area contributed by atoms with Gasteiger partial charge in [-0.05, 0) is 105 Å². The van der Waals surface area contributed by atoms with Gasteiger partial charge in [-0.25, -0.2) is 0 Å². The summed E-state index contributed by atoms with van der Waals surface area (Å²) in [5.74, 6) is 0. The van der Waals surface area contributed by atoms with Crippen molar-refractivity contribution >= 4 is 38.9 Å². The molecule has 10 aromatic carbocycles. The normalized spacial score (nSPS) is 13.7. The zero-order valence-corrected chi connectivity index (χ0v) is 34.3. The fraction of sp³-hybridized carbons (Fsp3) is 0.0164. The summed E-state index contributed by atoms with van der Waals surface area (Å²) in [7, 11) is 0. The summed E-state index contributed by atoms with van der Waals surface area (Å²) in [5.41, 5.74) is 15.5. The van der Waals surface area contributed by atoms with E-state index in [1.54, 1.807) is 0 Å². The average molecular weight is 808 g/mol. The van der Waals surface area contributed by atoms with Crippen molar-refractivity contribution in [2.75, 3.05) is 4.90 Å². The topological polar surface area (TPSA) is 8.17 Å². The number of hydrogen-bond donors (Lipinski definition) is 0. The van der Waals surface area contributed by atoms with Crippen LogP contribution in [0.15, 0.2) is 255 Å². The van der Waals surface area contributed by atoms with Gasteiger partial charge >= 0.3 is 0 Å². The minimum absolute atomic E-state index is 0.172. The van der Waals surface area contributed by atoms with Gasteiger partial charge in [0.05, 0.1) is 29.0 Å². The Labute approximate surface area is 375 Å². The van der Waals surface area contributed by atoms with Crippen LogP contribution in [0.25, 0.3) is 60.9 Å². The second-order valence-corrected chi connectivity index (χ2v) is 16.1. The largest absolute Gasteiger partial charge is 0.310 e. The molecule has 0 fully saturated rings. The van der Waals surface area contributed by atoms with E-state index in [2.05, 4.69) is 210 Å². The van der Waals surface area contributed by atoms with E-state index >= 15 is 0 Å². The molecule has 0 atom stereocenters. The molecule has 1 heterocycles. The van der Waals surface area contributed by atoms with Crippen LogP contribution in [0.5, 0.6) is 0 Å². The summed E-state index contributed by atoms with van der Waals surface area (Å²) >= 11 is 0. The summed E-state index contributed by atoms with van der Waals surface area (Å²) in [4.78, 5) is 2.25. The standard InChI is InChI=1S/C61H42N2/c1-4-18-43(19-5-1)44-32-36-48(37-33-44)62(49-38-34-45(35-39-49)51-24-11-15-29-58(51)63-59-30-16-12-26-54(59)55-27-13-17-31-60(55)63)50-40-41-53-52-25-10-14-28-56(52)61(57(53)42-50,46-20-6-2-7-21-46)47-22-8-3-9-23-47/h1-42H/i1D,4D,5D,18D,19D. The Morgan fingerprint density at radius 3 is 1.49 bits per heavy atom. The van der Waals surface area contributed by atoms with Crippen molar-refractivity contribution < 1.29 is 6.85 Å². The van der Waals surface area contributed by atoms with Crippen LogP contribution in [0.2, 0.25) is 0 Å². The number of aromatic nitrogens is 1. The van der Waals surface area contributed by atoms with Gasteiger partial charge in [0, 0.05) is 33.4 Å². The van der Waals surface area contributed by atoms with Crippen molar-refractivity contribution in [2.24, 2.45) is 0 Å². The number of hydrogen-bond acceptors (Lipinski definition) is 1. The second kappa shape index (κ2) is 15.1. The number of benzene rings is 10. The molecule has 0 unspecified atom stereocenters. The van der Waals surface area contributed by atoms with Gasteiger partial charge in [0.25, 0.3) is 0 Å². The van der Waals surface area contributed by atoms with Crippen molar-refractivity contribution in [3.05, 3.63) is 277 Å². The van der Waals surface area contributed by atoms with Gasteiger partial charge in [-0.1, -0.05) is 200 Å². The molecule has 0 saturated heterocycles. The highest BCUT2D eigenvalue weighted by molar-refractivity contribution is 6.09. The highest BCUT2D eigenvalue weighted by Gasteiger charge is 2.46. The summed E-state index contributed by atoms with van der Waals surface area (Å²) in [5, 5.41) is 2.42. The predicted octanol–water partition coefficient (Wildman–Crippen LogP) is 16.0. The smallest absolute Gasteiger partial charge is 0.0714 e. The fourth-order valence-corrected chi connectivity index (χ4v) is 10.1. The summed E-state index contributed by atoms with van der Waals surface area (Å²) < 4.78 is 44.8. The molecule has 0 aliphatic heterocycles. The Morgan fingerprint density at radius 2 is 0.857 bits per heavy atom. The van der Waals surface area contributed by atoms with Crippen LogP contribution in [-0.4, -0.2) is 4.57 Å². The summed E-state index contributed by atoms with van der Waals surface area (Å²) in [6.07, 6.45) is 0. The van der Waals surface area contributed by atoms with Crippen molar-refractivity contribution in [3.8, 4) is 39.1 Å². The lowest BCUT2D eigenvalue weighted by atomic mass is 9.67. The first-order valence-corrected chi connectivity index (χ1v) is 21.4. The molecule has 12 rings (SSSR count). The highest BCUT2D eigenvalue weighted by atomic mass is 15.1. The van der Waals surface area contributed by atoms with Gasteiger partial charge in [0.2, 0.25) is 0 Å². The summed E-state index contributed by atoms with van der Waals surface area (Å²) in [6, 6.07) is 77.6. The first-order valence-electron chi connectivity index (χ1n) is 23.9. The number of rotatable bonds is 8. The van der Waals surface area contributed by atoms with Crippen molar-refractivity contribution in [1.82, 2.24) is 4.57 Å². The Hall–Kier alpha value is -8.20. The molecule has 11 aromatic rings. The number of anilines is 3. The molecule has 0 radical (unpaired) electrons. The van der Waals surface area contributed by atoms with Gasteiger partial charge in [-0.2, -0.15) is 0 Å². The Kier molecular flexibility index (Phi) is 7.56. The van der Waals surface area contributed by atoms with Crippen LogP contribution in [0.1, 0.15) is 29.1 Å². The molecule has 1 aliphatic carbocycles. The van der Waals surface area contributed by atoms with Crippen molar-refractivity contribution in [3.63, 3.8) is 0 Å². The van der Waals surface area contributed by atoms with Gasteiger partial charge in [0.15, 0.2) is 0 Å². The van der Waals surface area contributed by atoms with Gasteiger partial charge < -0.3 is 9.47 Å². The van der Waals surface area contributed by atoms with E-state index in [1.165, 1.54) is 44.2 Å². The van der Waals surface area contributed by atoms with Crippen LogP contribution >= 0.6 is 0 Å². The van der Waals surface area contributed by atoms with E-state index in [0.29, 0.717) is 5.56 Å². The average Bonchev–Trinajstić information content (AvgIpc) is 3.89. The molecule has 0 N–H and O–H groups in total. The second-order valence-electron chi connectivity index (χ2n) is 16.1. The maximum absolute atomic E-state index is 8.73. The van der Waals surface area contributed by atoms with Crippen molar-refractivity contribution in [1.29, 1.82) is 0 Å². The first kappa shape index (κ1) is 31.6. The maximum Gasteiger partial charge on any atom is 0.0714 e. The first-order chi connectivity index (χ1) is 33.3. The van der Waals surface area contributed by atoms with Crippen LogP contribution < -0.4 is 4.90 Å². The lowest BCUT2D eigenvalue weighted by Gasteiger charge is -2.35. The van der Waals surface area contributed by atoms with E-state index < -0.39 is 11.5 Å². The quantitative estimate of drug-likeness (QED) is 0.148. The van der Waals surface area contributed by atoms with E-state index in [0.717, 1.165) is 44.9 Å². The predicted molar refractivity (Wildman–Crippen MR) is 264 cm³/mol. The number of para-hydroxylation sites is 3. The van der Waals surface area contributed by atoms with Crippen molar-refractivity contribution in [2.45, 2.75) is 5.41 Å². The number of fused-ring (bicyclic) bond motifs is 6. The third-order valence-electron chi connectivity index (χ3n) is 12.8. The molecule has 0 saturated carbocycles. The third kappa shape index (κ3) is 5.87. The third-order valence-corrected chi connectivity index (χ3v) is 12.8. The zero-order chi connectivity index (χ0) is 46.1. The fourth-order valence-electron chi connectivity index (χ4n) is 10.1. The molecule has 0 bridgehead atoms. The molecule has 296 valence electrons. The van der Waals surface area contributed by atoms with Crippen LogP contribution in [0.4, 0.5) is 17.1 Å². The van der Waals surface area contributed by atoms with Crippen LogP contribution in [0.3, 0.4) is 0 Å². The van der Waals surface area contributed by atoms with E-state index in [1.807, 2.05) is 24.3 Å². The van der Waals surface area contributed by atoms with Gasteiger partial charge in [0.1, 0.15) is 0 Å². The maximum atomic E-state index is 8.73. The molecule has 2 nitrogen and oxygen atoms in total. The lowest BCUT2D eigenvalue weighted by Crippen LogP contribution is -2.28. The minimum atomic E-state index is -0.610. The lowest BCUT2D eigenvalue weighted by molar-refractivity contribution is 0.768. The molecule has 1 aromatic heterocycles.